The number of ether oxygens (including phenoxy) is 2. The van der Waals surface area contributed by atoms with Gasteiger partial charge in [-0.1, -0.05) is 12.1 Å². The highest BCUT2D eigenvalue weighted by Crippen LogP contribution is 2.19. The van der Waals surface area contributed by atoms with Crippen LogP contribution in [-0.4, -0.2) is 37.6 Å². The Hall–Kier alpha value is -1.10. The summed E-state index contributed by atoms with van der Waals surface area (Å²) >= 11 is 0. The number of aliphatic hydroxyl groups excluding tert-OH is 1. The van der Waals surface area contributed by atoms with Gasteiger partial charge in [0.25, 0.3) is 0 Å². The molecule has 2 unspecified atom stereocenters. The van der Waals surface area contributed by atoms with Gasteiger partial charge in [-0.2, -0.15) is 0 Å². The standard InChI is InChI=1S/C13H19NO3/c1-9(14-12-7-17-8-13(12)15)10-3-5-11(16-2)6-4-10/h3-6,9,12-15H,7-8H2,1-2H3/t9-,12?,13?/m1/s1. The maximum atomic E-state index is 9.66. The zero-order chi connectivity index (χ0) is 12.3. The smallest absolute Gasteiger partial charge is 0.118 e. The fraction of sp³-hybridized carbons (Fsp3) is 0.538. The first-order valence-corrected chi connectivity index (χ1v) is 5.86. The third-order valence-electron chi connectivity index (χ3n) is 3.13. The fourth-order valence-corrected chi connectivity index (χ4v) is 2.01. The molecular formula is C13H19NO3. The summed E-state index contributed by atoms with van der Waals surface area (Å²) in [7, 11) is 1.66. The summed E-state index contributed by atoms with van der Waals surface area (Å²) in [5.41, 5.74) is 1.17. The van der Waals surface area contributed by atoms with Gasteiger partial charge in [-0.15, -0.1) is 0 Å². The first-order chi connectivity index (χ1) is 8.20. The highest BCUT2D eigenvalue weighted by molar-refractivity contribution is 5.28. The van der Waals surface area contributed by atoms with E-state index in [2.05, 4.69) is 12.2 Å². The van der Waals surface area contributed by atoms with E-state index in [0.29, 0.717) is 13.2 Å². The van der Waals surface area contributed by atoms with Gasteiger partial charge in [0.1, 0.15) is 5.75 Å². The molecule has 1 fully saturated rings. The van der Waals surface area contributed by atoms with Crippen LogP contribution in [0.2, 0.25) is 0 Å². The van der Waals surface area contributed by atoms with Gasteiger partial charge >= 0.3 is 0 Å². The van der Waals surface area contributed by atoms with Crippen molar-refractivity contribution in [2.75, 3.05) is 20.3 Å². The van der Waals surface area contributed by atoms with Crippen molar-refractivity contribution in [1.29, 1.82) is 0 Å². The van der Waals surface area contributed by atoms with Crippen LogP contribution < -0.4 is 10.1 Å². The van der Waals surface area contributed by atoms with Crippen molar-refractivity contribution in [3.8, 4) is 5.75 Å². The molecular weight excluding hydrogens is 218 g/mol. The Bertz CT molecular complexity index is 352. The van der Waals surface area contributed by atoms with Gasteiger partial charge in [-0.3, -0.25) is 0 Å². The first-order valence-electron chi connectivity index (χ1n) is 5.86. The lowest BCUT2D eigenvalue weighted by molar-refractivity contribution is 0.121. The maximum absolute atomic E-state index is 9.66. The third kappa shape index (κ3) is 2.97. The Labute approximate surface area is 102 Å². The number of methoxy groups -OCH3 is 1. The Balaban J connectivity index is 1.96. The second-order valence-electron chi connectivity index (χ2n) is 4.37. The van der Waals surface area contributed by atoms with Crippen molar-refractivity contribution >= 4 is 0 Å². The second-order valence-corrected chi connectivity index (χ2v) is 4.37. The second kappa shape index (κ2) is 5.49. The molecule has 0 radical (unpaired) electrons. The van der Waals surface area contributed by atoms with Crippen molar-refractivity contribution in [2.24, 2.45) is 0 Å². The molecule has 1 aromatic carbocycles. The molecule has 1 aliphatic rings. The number of aliphatic hydroxyl groups is 1. The van der Waals surface area contributed by atoms with Gasteiger partial charge in [0.2, 0.25) is 0 Å². The predicted octanol–water partition coefficient (Wildman–Crippen LogP) is 1.11. The number of rotatable bonds is 4. The van der Waals surface area contributed by atoms with E-state index in [4.69, 9.17) is 9.47 Å². The van der Waals surface area contributed by atoms with Crippen LogP contribution in [0, 0.1) is 0 Å². The average Bonchev–Trinajstić information content (AvgIpc) is 2.75. The number of nitrogens with one attached hydrogen (secondary N) is 1. The lowest BCUT2D eigenvalue weighted by Gasteiger charge is -2.21. The minimum atomic E-state index is -0.407. The van der Waals surface area contributed by atoms with Crippen molar-refractivity contribution in [2.45, 2.75) is 25.1 Å². The van der Waals surface area contributed by atoms with Gasteiger partial charge in [0.15, 0.2) is 0 Å². The van der Waals surface area contributed by atoms with Crippen LogP contribution in [0.5, 0.6) is 5.75 Å². The molecule has 1 heterocycles. The lowest BCUT2D eigenvalue weighted by Crippen LogP contribution is -2.40. The number of benzene rings is 1. The van der Waals surface area contributed by atoms with E-state index in [9.17, 15) is 5.11 Å². The predicted molar refractivity (Wildman–Crippen MR) is 65.2 cm³/mol. The van der Waals surface area contributed by atoms with E-state index < -0.39 is 6.10 Å². The molecule has 94 valence electrons. The highest BCUT2D eigenvalue weighted by Gasteiger charge is 2.27. The van der Waals surface area contributed by atoms with E-state index >= 15 is 0 Å². The van der Waals surface area contributed by atoms with E-state index in [1.165, 1.54) is 5.56 Å². The van der Waals surface area contributed by atoms with E-state index in [1.807, 2.05) is 24.3 Å². The van der Waals surface area contributed by atoms with Crippen molar-refractivity contribution in [3.05, 3.63) is 29.8 Å². The summed E-state index contributed by atoms with van der Waals surface area (Å²) in [6, 6.07) is 8.14. The van der Waals surface area contributed by atoms with Crippen LogP contribution in [0.25, 0.3) is 0 Å². The third-order valence-corrected chi connectivity index (χ3v) is 3.13. The van der Waals surface area contributed by atoms with Crippen LogP contribution >= 0.6 is 0 Å². The topological polar surface area (TPSA) is 50.7 Å². The monoisotopic (exact) mass is 237 g/mol. The number of hydrogen-bond acceptors (Lipinski definition) is 4. The molecule has 0 bridgehead atoms. The molecule has 0 spiro atoms. The zero-order valence-corrected chi connectivity index (χ0v) is 10.2. The Morgan fingerprint density at radius 2 is 2.06 bits per heavy atom. The highest BCUT2D eigenvalue weighted by atomic mass is 16.5. The SMILES string of the molecule is COc1ccc([C@@H](C)NC2COCC2O)cc1. The van der Waals surface area contributed by atoms with Crippen LogP contribution in [0.4, 0.5) is 0 Å². The maximum Gasteiger partial charge on any atom is 0.118 e. The Morgan fingerprint density at radius 3 is 2.59 bits per heavy atom. The van der Waals surface area contributed by atoms with E-state index in [1.54, 1.807) is 7.11 Å². The van der Waals surface area contributed by atoms with E-state index in [0.717, 1.165) is 5.75 Å². The minimum absolute atomic E-state index is 0.0205. The van der Waals surface area contributed by atoms with Gasteiger partial charge < -0.3 is 19.9 Å². The molecule has 2 N–H and O–H groups in total. The van der Waals surface area contributed by atoms with Crippen LogP contribution in [0.3, 0.4) is 0 Å². The number of hydrogen-bond donors (Lipinski definition) is 2. The van der Waals surface area contributed by atoms with Gasteiger partial charge in [-0.05, 0) is 24.6 Å². The van der Waals surface area contributed by atoms with Gasteiger partial charge in [0.05, 0.1) is 32.5 Å². The van der Waals surface area contributed by atoms with Crippen LogP contribution in [0.15, 0.2) is 24.3 Å². The van der Waals surface area contributed by atoms with Gasteiger partial charge in [0, 0.05) is 6.04 Å². The summed E-state index contributed by atoms with van der Waals surface area (Å²) < 4.78 is 10.3. The molecule has 1 aliphatic heterocycles. The molecule has 0 saturated carbocycles. The van der Waals surface area contributed by atoms with Crippen molar-refractivity contribution < 1.29 is 14.6 Å². The molecule has 3 atom stereocenters. The molecule has 17 heavy (non-hydrogen) atoms. The normalized spacial score (nSPS) is 25.8. The molecule has 0 aromatic heterocycles. The summed E-state index contributed by atoms with van der Waals surface area (Å²) in [4.78, 5) is 0. The van der Waals surface area contributed by atoms with Gasteiger partial charge in [-0.25, -0.2) is 0 Å². The van der Waals surface area contributed by atoms with Crippen molar-refractivity contribution in [3.63, 3.8) is 0 Å². The quantitative estimate of drug-likeness (QED) is 0.823. The molecule has 4 heteroatoms. The molecule has 1 saturated heterocycles. The Morgan fingerprint density at radius 1 is 1.35 bits per heavy atom. The summed E-state index contributed by atoms with van der Waals surface area (Å²) in [5, 5.41) is 13.0. The van der Waals surface area contributed by atoms with Crippen molar-refractivity contribution in [1.82, 2.24) is 5.32 Å². The largest absolute Gasteiger partial charge is 0.497 e. The first kappa shape index (κ1) is 12.4. The molecule has 0 aliphatic carbocycles. The lowest BCUT2D eigenvalue weighted by atomic mass is 10.1. The fourth-order valence-electron chi connectivity index (χ4n) is 2.01. The molecule has 0 amide bonds. The Kier molecular flexibility index (Phi) is 3.99. The van der Waals surface area contributed by atoms with Crippen LogP contribution in [0.1, 0.15) is 18.5 Å². The minimum Gasteiger partial charge on any atom is -0.497 e. The molecule has 2 rings (SSSR count). The summed E-state index contributed by atoms with van der Waals surface area (Å²) in [6.07, 6.45) is -0.407. The van der Waals surface area contributed by atoms with E-state index in [-0.39, 0.29) is 12.1 Å². The summed E-state index contributed by atoms with van der Waals surface area (Å²) in [5.74, 6) is 0.852. The summed E-state index contributed by atoms with van der Waals surface area (Å²) in [6.45, 7) is 3.07. The molecule has 4 nitrogen and oxygen atoms in total. The zero-order valence-electron chi connectivity index (χ0n) is 10.2. The van der Waals surface area contributed by atoms with Crippen LogP contribution in [-0.2, 0) is 4.74 Å². The molecule has 1 aromatic rings. The average molecular weight is 237 g/mol.